The molecular formula is C28H28BrN5O3. The van der Waals surface area contributed by atoms with Crippen molar-refractivity contribution in [2.75, 3.05) is 6.54 Å². The molecule has 1 aromatic carbocycles. The summed E-state index contributed by atoms with van der Waals surface area (Å²) in [5, 5.41) is 4.07. The third-order valence-corrected chi connectivity index (χ3v) is 6.77. The third kappa shape index (κ3) is 5.67. The quantitative estimate of drug-likeness (QED) is 0.324. The van der Waals surface area contributed by atoms with Crippen LogP contribution < -0.4 is 5.32 Å². The van der Waals surface area contributed by atoms with E-state index in [9.17, 15) is 9.59 Å². The Morgan fingerprint density at radius 2 is 1.86 bits per heavy atom. The number of hydrogen-bond donors (Lipinski definition) is 2. The van der Waals surface area contributed by atoms with E-state index >= 15 is 0 Å². The minimum absolute atomic E-state index is 0.216. The fourth-order valence-corrected chi connectivity index (χ4v) is 4.82. The molecule has 5 rings (SSSR count). The van der Waals surface area contributed by atoms with Gasteiger partial charge < -0.3 is 15.0 Å². The fourth-order valence-electron chi connectivity index (χ4n) is 4.56. The molecule has 4 aromatic rings. The molecule has 2 amide bonds. The van der Waals surface area contributed by atoms with Crippen LogP contribution in [0.5, 0.6) is 0 Å². The van der Waals surface area contributed by atoms with Gasteiger partial charge in [-0.25, -0.2) is 9.78 Å². The maximum Gasteiger partial charge on any atom is 0.410 e. The van der Waals surface area contributed by atoms with E-state index in [0.717, 1.165) is 32.2 Å². The van der Waals surface area contributed by atoms with Gasteiger partial charge in [-0.1, -0.05) is 28.1 Å². The highest BCUT2D eigenvalue weighted by atomic mass is 79.9. The van der Waals surface area contributed by atoms with Crippen molar-refractivity contribution in [2.45, 2.75) is 44.9 Å². The molecule has 37 heavy (non-hydrogen) atoms. The van der Waals surface area contributed by atoms with Gasteiger partial charge in [-0.3, -0.25) is 14.7 Å². The smallest absolute Gasteiger partial charge is 0.410 e. The van der Waals surface area contributed by atoms with Crippen LogP contribution in [0.15, 0.2) is 71.6 Å². The summed E-state index contributed by atoms with van der Waals surface area (Å²) in [6, 6.07) is 15.0. The van der Waals surface area contributed by atoms with Gasteiger partial charge in [-0.15, -0.1) is 0 Å². The molecule has 0 spiro atoms. The summed E-state index contributed by atoms with van der Waals surface area (Å²) in [4.78, 5) is 39.8. The van der Waals surface area contributed by atoms with E-state index in [1.54, 1.807) is 23.4 Å². The Balaban J connectivity index is 1.34. The Morgan fingerprint density at radius 3 is 2.62 bits per heavy atom. The van der Waals surface area contributed by atoms with E-state index in [4.69, 9.17) is 4.74 Å². The first-order valence-electron chi connectivity index (χ1n) is 12.1. The second kappa shape index (κ2) is 9.97. The second-order valence-corrected chi connectivity index (χ2v) is 11.1. The molecule has 0 bridgehead atoms. The Hall–Kier alpha value is -3.72. The summed E-state index contributed by atoms with van der Waals surface area (Å²) in [5.41, 5.74) is 3.24. The lowest BCUT2D eigenvalue weighted by atomic mass is 10.0. The van der Waals surface area contributed by atoms with Crippen molar-refractivity contribution in [1.82, 2.24) is 25.2 Å². The van der Waals surface area contributed by atoms with Crippen LogP contribution in [0.4, 0.5) is 4.79 Å². The Morgan fingerprint density at radius 1 is 1.08 bits per heavy atom. The van der Waals surface area contributed by atoms with Crippen molar-refractivity contribution in [3.05, 3.63) is 82.9 Å². The number of hydrogen-bond acceptors (Lipinski definition) is 5. The van der Waals surface area contributed by atoms with E-state index < -0.39 is 11.7 Å². The number of fused-ring (bicyclic) bond motifs is 1. The maximum absolute atomic E-state index is 13.2. The van der Waals surface area contributed by atoms with Gasteiger partial charge in [0.25, 0.3) is 5.91 Å². The molecule has 1 saturated heterocycles. The van der Waals surface area contributed by atoms with Crippen LogP contribution in [0.1, 0.15) is 49.3 Å². The first-order valence-corrected chi connectivity index (χ1v) is 12.9. The molecule has 9 heteroatoms. The average Bonchev–Trinajstić information content (AvgIpc) is 3.50. The lowest BCUT2D eigenvalue weighted by Crippen LogP contribution is -2.40. The summed E-state index contributed by atoms with van der Waals surface area (Å²) < 4.78 is 6.63. The van der Waals surface area contributed by atoms with Crippen molar-refractivity contribution in [1.29, 1.82) is 0 Å². The van der Waals surface area contributed by atoms with E-state index in [0.29, 0.717) is 18.7 Å². The minimum atomic E-state index is -0.620. The van der Waals surface area contributed by atoms with Crippen molar-refractivity contribution in [3.8, 4) is 11.1 Å². The van der Waals surface area contributed by atoms with Gasteiger partial charge in [-0.05, 0) is 74.7 Å². The first kappa shape index (κ1) is 25.0. The van der Waals surface area contributed by atoms with Crippen molar-refractivity contribution >= 4 is 39.0 Å². The van der Waals surface area contributed by atoms with Crippen LogP contribution in [0.25, 0.3) is 22.2 Å². The highest BCUT2D eigenvalue weighted by molar-refractivity contribution is 9.10. The van der Waals surface area contributed by atoms with Gasteiger partial charge in [0.2, 0.25) is 0 Å². The summed E-state index contributed by atoms with van der Waals surface area (Å²) >= 11 is 3.47. The van der Waals surface area contributed by atoms with Gasteiger partial charge in [0.15, 0.2) is 0 Å². The Kier molecular flexibility index (Phi) is 6.72. The predicted octanol–water partition coefficient (Wildman–Crippen LogP) is 5.87. The number of ether oxygens (including phenoxy) is 1. The predicted molar refractivity (Wildman–Crippen MR) is 145 cm³/mol. The van der Waals surface area contributed by atoms with Crippen molar-refractivity contribution < 1.29 is 14.3 Å². The molecule has 1 aliphatic rings. The van der Waals surface area contributed by atoms with Gasteiger partial charge in [0.1, 0.15) is 16.9 Å². The molecule has 4 heterocycles. The van der Waals surface area contributed by atoms with Gasteiger partial charge in [0.05, 0.1) is 6.04 Å². The Labute approximate surface area is 223 Å². The van der Waals surface area contributed by atoms with E-state index in [1.165, 1.54) is 0 Å². The molecule has 2 atom stereocenters. The maximum atomic E-state index is 13.2. The molecule has 0 saturated carbocycles. The van der Waals surface area contributed by atoms with Crippen LogP contribution >= 0.6 is 15.9 Å². The zero-order valence-corrected chi connectivity index (χ0v) is 22.5. The zero-order valence-electron chi connectivity index (χ0n) is 20.9. The van der Waals surface area contributed by atoms with Gasteiger partial charge >= 0.3 is 6.09 Å². The number of amides is 2. The second-order valence-electron chi connectivity index (χ2n) is 10.2. The number of likely N-dealkylation sites (tertiary alicyclic amines) is 1. The Bertz CT molecular complexity index is 1440. The number of aromatic amines is 1. The normalized spacial score (nSPS) is 17.7. The number of nitrogens with zero attached hydrogens (tertiary/aromatic N) is 3. The number of carbonyl (C=O) groups excluding carboxylic acids is 2. The number of carbonyl (C=O) groups is 2. The molecule has 1 aliphatic heterocycles. The fraction of sp³-hybridized carbons (Fsp3) is 0.286. The number of H-pyrrole nitrogens is 1. The molecule has 190 valence electrons. The number of rotatable bonds is 4. The van der Waals surface area contributed by atoms with Crippen LogP contribution in [0, 0.1) is 0 Å². The van der Waals surface area contributed by atoms with E-state index in [2.05, 4.69) is 36.2 Å². The van der Waals surface area contributed by atoms with Crippen LogP contribution in [0.2, 0.25) is 0 Å². The lowest BCUT2D eigenvalue weighted by molar-refractivity contribution is 0.0220. The third-order valence-electron chi connectivity index (χ3n) is 6.25. The summed E-state index contributed by atoms with van der Waals surface area (Å²) in [6.07, 6.45) is 5.41. The highest BCUT2D eigenvalue weighted by Crippen LogP contribution is 2.34. The van der Waals surface area contributed by atoms with Gasteiger partial charge in [0, 0.05) is 46.6 Å². The van der Waals surface area contributed by atoms with Crippen molar-refractivity contribution in [2.24, 2.45) is 0 Å². The highest BCUT2D eigenvalue weighted by Gasteiger charge is 2.39. The summed E-state index contributed by atoms with van der Waals surface area (Å²) in [5.74, 6) is -0.289. The minimum Gasteiger partial charge on any atom is -0.444 e. The molecule has 8 nitrogen and oxygen atoms in total. The average molecular weight is 562 g/mol. The zero-order chi connectivity index (χ0) is 26.2. The summed E-state index contributed by atoms with van der Waals surface area (Å²) in [7, 11) is 0. The number of halogens is 1. The molecule has 1 fully saturated rings. The monoisotopic (exact) mass is 561 g/mol. The van der Waals surface area contributed by atoms with E-state index in [-0.39, 0.29) is 18.0 Å². The molecular weight excluding hydrogens is 534 g/mol. The first-order chi connectivity index (χ1) is 17.7. The molecule has 2 unspecified atom stereocenters. The number of nitrogens with one attached hydrogen (secondary N) is 2. The number of aromatic nitrogens is 3. The van der Waals surface area contributed by atoms with Crippen LogP contribution in [0.3, 0.4) is 0 Å². The SMILES string of the molecule is CC(C)(C)OC(=O)N1CC(NC(=O)c2cc(-c3cnc4[nH]ccc4c3)ccn2)CC1c1ccc(Br)cc1. The molecule has 2 N–H and O–H groups in total. The molecule has 0 aliphatic carbocycles. The van der Waals surface area contributed by atoms with E-state index in [1.807, 2.05) is 69.4 Å². The van der Waals surface area contributed by atoms with Crippen molar-refractivity contribution in [3.63, 3.8) is 0 Å². The lowest BCUT2D eigenvalue weighted by Gasteiger charge is -2.28. The summed E-state index contributed by atoms with van der Waals surface area (Å²) in [6.45, 7) is 5.87. The molecule has 3 aromatic heterocycles. The van der Waals surface area contributed by atoms with Crippen LogP contribution in [-0.2, 0) is 4.74 Å². The largest absolute Gasteiger partial charge is 0.444 e. The topological polar surface area (TPSA) is 100 Å². The standard InChI is InChI=1S/C28H28BrN5O3/c1-28(2,3)37-27(36)34-16-22(14-24(34)17-4-6-21(29)7-5-17)33-26(35)23-13-18(8-10-30-23)20-12-19-9-11-31-25(19)32-15-20/h4-13,15,22,24H,14,16H2,1-3H3,(H,31,32)(H,33,35). The number of pyridine rings is 2. The van der Waals surface area contributed by atoms with Gasteiger partial charge in [-0.2, -0.15) is 0 Å². The number of benzene rings is 1. The van der Waals surface area contributed by atoms with Crippen LogP contribution in [-0.4, -0.2) is 50.0 Å². The molecule has 0 radical (unpaired) electrons.